The zero-order valence-corrected chi connectivity index (χ0v) is 13.4. The van der Waals surface area contributed by atoms with Crippen LogP contribution in [0.15, 0.2) is 34.9 Å². The molecule has 0 atom stereocenters. The van der Waals surface area contributed by atoms with E-state index in [0.717, 1.165) is 28.9 Å². The van der Waals surface area contributed by atoms with E-state index in [2.05, 4.69) is 40.2 Å². The largest absolute Gasteiger partial charge is 0.311 e. The Morgan fingerprint density at radius 2 is 2.16 bits per heavy atom. The van der Waals surface area contributed by atoms with E-state index in [1.807, 2.05) is 30.5 Å². The fraction of sp³-hybridized carbons (Fsp3) is 0.357. The Labute approximate surface area is 127 Å². The molecular weight excluding hydrogens is 326 g/mol. The van der Waals surface area contributed by atoms with Gasteiger partial charge in [0.15, 0.2) is 0 Å². The van der Waals surface area contributed by atoms with Crippen molar-refractivity contribution >= 4 is 27.5 Å². The fourth-order valence-electron chi connectivity index (χ4n) is 1.74. The summed E-state index contributed by atoms with van der Waals surface area (Å²) in [6, 6.07) is 7.74. The monoisotopic (exact) mass is 341 g/mol. The lowest BCUT2D eigenvalue weighted by Gasteiger charge is -2.06. The Bertz CT molecular complexity index is 551. The third-order valence-corrected chi connectivity index (χ3v) is 3.47. The average Bonchev–Trinajstić information content (AvgIpc) is 2.80. The van der Waals surface area contributed by atoms with Gasteiger partial charge >= 0.3 is 0 Å². The van der Waals surface area contributed by atoms with Crippen LogP contribution in [0, 0.1) is 5.92 Å². The van der Waals surface area contributed by atoms with Crippen LogP contribution in [-0.2, 0) is 6.54 Å². The third-order valence-electron chi connectivity index (χ3n) is 2.66. The molecule has 2 rings (SSSR count). The predicted molar refractivity (Wildman–Crippen MR) is 82.8 cm³/mol. The molecule has 1 N–H and O–H groups in total. The number of nitrogens with one attached hydrogen (secondary N) is 1. The van der Waals surface area contributed by atoms with Crippen LogP contribution in [0.25, 0.3) is 5.69 Å². The van der Waals surface area contributed by atoms with Gasteiger partial charge < -0.3 is 5.32 Å². The Kier molecular flexibility index (Phi) is 5.02. The number of benzene rings is 1. The van der Waals surface area contributed by atoms with Crippen LogP contribution in [0.4, 0.5) is 0 Å². The number of rotatable bonds is 5. The molecule has 3 nitrogen and oxygen atoms in total. The van der Waals surface area contributed by atoms with Crippen molar-refractivity contribution in [3.63, 3.8) is 0 Å². The number of hydrogen-bond donors (Lipinski definition) is 1. The van der Waals surface area contributed by atoms with Crippen molar-refractivity contribution in [2.24, 2.45) is 5.92 Å². The summed E-state index contributed by atoms with van der Waals surface area (Å²) < 4.78 is 2.79. The lowest BCUT2D eigenvalue weighted by molar-refractivity contribution is 0.546. The SMILES string of the molecule is CC(C)CNCc1ccn(-c2cc(Br)ccc2Cl)n1. The van der Waals surface area contributed by atoms with Crippen LogP contribution < -0.4 is 5.32 Å². The van der Waals surface area contributed by atoms with Crippen molar-refractivity contribution in [3.8, 4) is 5.69 Å². The second-order valence-electron chi connectivity index (χ2n) is 4.87. The second kappa shape index (κ2) is 6.55. The lowest BCUT2D eigenvalue weighted by Crippen LogP contribution is -2.19. The van der Waals surface area contributed by atoms with Crippen molar-refractivity contribution in [1.82, 2.24) is 15.1 Å². The molecule has 1 aromatic heterocycles. The van der Waals surface area contributed by atoms with Crippen LogP contribution in [0.2, 0.25) is 5.02 Å². The molecule has 0 amide bonds. The molecule has 1 aromatic carbocycles. The van der Waals surface area contributed by atoms with Gasteiger partial charge in [-0.15, -0.1) is 0 Å². The highest BCUT2D eigenvalue weighted by molar-refractivity contribution is 9.10. The van der Waals surface area contributed by atoms with E-state index in [4.69, 9.17) is 11.6 Å². The molecule has 0 bridgehead atoms. The van der Waals surface area contributed by atoms with E-state index >= 15 is 0 Å². The maximum absolute atomic E-state index is 6.19. The molecular formula is C14H17BrClN3. The Balaban J connectivity index is 2.10. The highest BCUT2D eigenvalue weighted by atomic mass is 79.9. The van der Waals surface area contributed by atoms with Crippen molar-refractivity contribution in [3.05, 3.63) is 45.7 Å². The average molecular weight is 343 g/mol. The molecule has 0 saturated heterocycles. The molecule has 0 aliphatic heterocycles. The maximum atomic E-state index is 6.19. The van der Waals surface area contributed by atoms with Crippen LogP contribution in [0.5, 0.6) is 0 Å². The summed E-state index contributed by atoms with van der Waals surface area (Å²) >= 11 is 9.63. The van der Waals surface area contributed by atoms with Gasteiger partial charge in [-0.25, -0.2) is 4.68 Å². The molecule has 0 spiro atoms. The first-order chi connectivity index (χ1) is 9.06. The standard InChI is InChI=1S/C14H17BrClN3/c1-10(2)8-17-9-12-5-6-19(18-12)14-7-11(15)3-4-13(14)16/h3-7,10,17H,8-9H2,1-2H3. The van der Waals surface area contributed by atoms with E-state index < -0.39 is 0 Å². The van der Waals surface area contributed by atoms with Crippen LogP contribution in [0.3, 0.4) is 0 Å². The van der Waals surface area contributed by atoms with Gasteiger partial charge in [0.2, 0.25) is 0 Å². The third kappa shape index (κ3) is 4.06. The molecule has 102 valence electrons. The van der Waals surface area contributed by atoms with Crippen molar-refractivity contribution < 1.29 is 0 Å². The highest BCUT2D eigenvalue weighted by Crippen LogP contribution is 2.24. The Hall–Kier alpha value is -0.840. The van der Waals surface area contributed by atoms with E-state index in [-0.39, 0.29) is 0 Å². The second-order valence-corrected chi connectivity index (χ2v) is 6.20. The minimum atomic E-state index is 0.640. The number of hydrogen-bond acceptors (Lipinski definition) is 2. The van der Waals surface area contributed by atoms with Gasteiger partial charge in [0.05, 0.1) is 16.4 Å². The van der Waals surface area contributed by atoms with Gasteiger partial charge in [-0.1, -0.05) is 41.4 Å². The summed E-state index contributed by atoms with van der Waals surface area (Å²) in [5, 5.41) is 8.59. The van der Waals surface area contributed by atoms with E-state index in [0.29, 0.717) is 10.9 Å². The number of halogens is 2. The first kappa shape index (κ1) is 14.6. The predicted octanol–water partition coefficient (Wildman–Crippen LogP) is 4.03. The van der Waals surface area contributed by atoms with Gasteiger partial charge in [-0.2, -0.15) is 5.10 Å². The Morgan fingerprint density at radius 1 is 1.37 bits per heavy atom. The van der Waals surface area contributed by atoms with Crippen molar-refractivity contribution in [1.29, 1.82) is 0 Å². The van der Waals surface area contributed by atoms with E-state index in [9.17, 15) is 0 Å². The smallest absolute Gasteiger partial charge is 0.0843 e. The van der Waals surface area contributed by atoms with E-state index in [1.165, 1.54) is 0 Å². The molecule has 19 heavy (non-hydrogen) atoms. The molecule has 2 aromatic rings. The molecule has 0 saturated carbocycles. The molecule has 0 fully saturated rings. The van der Waals surface area contributed by atoms with Gasteiger partial charge in [0, 0.05) is 17.2 Å². The normalized spacial score (nSPS) is 11.2. The molecule has 5 heteroatoms. The molecule has 0 radical (unpaired) electrons. The lowest BCUT2D eigenvalue weighted by atomic mass is 10.2. The first-order valence-electron chi connectivity index (χ1n) is 6.27. The van der Waals surface area contributed by atoms with E-state index in [1.54, 1.807) is 4.68 Å². The first-order valence-corrected chi connectivity index (χ1v) is 7.44. The zero-order chi connectivity index (χ0) is 13.8. The molecule has 0 unspecified atom stereocenters. The summed E-state index contributed by atoms with van der Waals surface area (Å²) in [4.78, 5) is 0. The summed E-state index contributed by atoms with van der Waals surface area (Å²) in [6.45, 7) is 6.14. The minimum Gasteiger partial charge on any atom is -0.311 e. The number of nitrogens with zero attached hydrogens (tertiary/aromatic N) is 2. The van der Waals surface area contributed by atoms with Crippen LogP contribution in [-0.4, -0.2) is 16.3 Å². The fourth-order valence-corrected chi connectivity index (χ4v) is 2.29. The van der Waals surface area contributed by atoms with Gasteiger partial charge in [-0.05, 0) is 36.7 Å². The maximum Gasteiger partial charge on any atom is 0.0843 e. The summed E-state index contributed by atoms with van der Waals surface area (Å²) in [6.07, 6.45) is 1.93. The van der Waals surface area contributed by atoms with Crippen LogP contribution in [0.1, 0.15) is 19.5 Å². The molecule has 0 aliphatic carbocycles. The van der Waals surface area contributed by atoms with Crippen LogP contribution >= 0.6 is 27.5 Å². The summed E-state index contributed by atoms with van der Waals surface area (Å²) in [7, 11) is 0. The quantitative estimate of drug-likeness (QED) is 0.889. The number of aromatic nitrogens is 2. The minimum absolute atomic E-state index is 0.640. The van der Waals surface area contributed by atoms with Gasteiger partial charge in [0.25, 0.3) is 0 Å². The zero-order valence-electron chi connectivity index (χ0n) is 11.0. The molecule has 1 heterocycles. The van der Waals surface area contributed by atoms with Crippen molar-refractivity contribution in [2.45, 2.75) is 20.4 Å². The summed E-state index contributed by atoms with van der Waals surface area (Å²) in [5.74, 6) is 0.640. The highest BCUT2D eigenvalue weighted by Gasteiger charge is 2.06. The van der Waals surface area contributed by atoms with Crippen molar-refractivity contribution in [2.75, 3.05) is 6.54 Å². The molecule has 0 aliphatic rings. The van der Waals surface area contributed by atoms with Gasteiger partial charge in [-0.3, -0.25) is 0 Å². The Morgan fingerprint density at radius 3 is 2.89 bits per heavy atom. The van der Waals surface area contributed by atoms with Gasteiger partial charge in [0.1, 0.15) is 0 Å². The topological polar surface area (TPSA) is 29.9 Å². The summed E-state index contributed by atoms with van der Waals surface area (Å²) in [5.41, 5.74) is 1.89.